The Balaban J connectivity index is 2.30. The topological polar surface area (TPSA) is 84.0 Å². The van der Waals surface area contributed by atoms with Crippen LogP contribution in [0.2, 0.25) is 0 Å². The Morgan fingerprint density at radius 1 is 1.33 bits per heavy atom. The van der Waals surface area contributed by atoms with Gasteiger partial charge in [0.05, 0.1) is 6.26 Å². The molecule has 0 saturated carbocycles. The lowest BCUT2D eigenvalue weighted by Crippen LogP contribution is -2.24. The monoisotopic (exact) mass is 304 g/mol. The van der Waals surface area contributed by atoms with Crippen molar-refractivity contribution in [2.75, 3.05) is 24.7 Å². The number of halogens is 3. The first-order chi connectivity index (χ1) is 8.18. The Morgan fingerprint density at radius 3 is 2.50 bits per heavy atom. The molecule has 0 aliphatic carbocycles. The molecule has 1 rings (SSSR count). The van der Waals surface area contributed by atoms with E-state index >= 15 is 0 Å². The molecule has 6 nitrogen and oxygen atoms in total. The van der Waals surface area contributed by atoms with Crippen LogP contribution < -0.4 is 10.0 Å². The highest BCUT2D eigenvalue weighted by atomic mass is 32.2. The van der Waals surface area contributed by atoms with Gasteiger partial charge >= 0.3 is 6.18 Å². The van der Waals surface area contributed by atoms with Gasteiger partial charge in [0, 0.05) is 24.6 Å². The average Bonchev–Trinajstić information content (AvgIpc) is 2.63. The van der Waals surface area contributed by atoms with Gasteiger partial charge < -0.3 is 5.32 Å². The molecule has 0 aromatic carbocycles. The van der Waals surface area contributed by atoms with Crippen molar-refractivity contribution in [1.29, 1.82) is 0 Å². The van der Waals surface area contributed by atoms with E-state index in [1.807, 2.05) is 0 Å². The van der Waals surface area contributed by atoms with E-state index in [2.05, 4.69) is 19.4 Å². The van der Waals surface area contributed by atoms with Gasteiger partial charge in [0.1, 0.15) is 0 Å². The Bertz CT molecular complexity index is 485. The van der Waals surface area contributed by atoms with Crippen LogP contribution in [-0.4, -0.2) is 37.1 Å². The molecule has 18 heavy (non-hydrogen) atoms. The van der Waals surface area contributed by atoms with Crippen molar-refractivity contribution >= 4 is 26.7 Å². The molecule has 0 fully saturated rings. The van der Waals surface area contributed by atoms with E-state index in [1.54, 1.807) is 0 Å². The van der Waals surface area contributed by atoms with Crippen LogP contribution in [0.4, 0.5) is 18.3 Å². The third kappa shape index (κ3) is 5.60. The van der Waals surface area contributed by atoms with E-state index in [9.17, 15) is 21.6 Å². The average molecular weight is 304 g/mol. The van der Waals surface area contributed by atoms with Crippen molar-refractivity contribution in [3.63, 3.8) is 0 Å². The number of aromatic nitrogens is 2. The molecule has 1 aromatic heterocycles. The number of anilines is 1. The highest BCUT2D eigenvalue weighted by molar-refractivity contribution is 7.88. The van der Waals surface area contributed by atoms with Crippen molar-refractivity contribution in [1.82, 2.24) is 14.1 Å². The maximum absolute atomic E-state index is 12.2. The van der Waals surface area contributed by atoms with Crippen LogP contribution in [0.5, 0.6) is 0 Å². The van der Waals surface area contributed by atoms with E-state index < -0.39 is 22.0 Å². The lowest BCUT2D eigenvalue weighted by atomic mass is 10.4. The smallest absolute Gasteiger partial charge is 0.360 e. The lowest BCUT2D eigenvalue weighted by Gasteiger charge is -2.03. The first-order valence-electron chi connectivity index (χ1n) is 4.78. The zero-order valence-electron chi connectivity index (χ0n) is 9.28. The number of nitrogens with one attached hydrogen (secondary N) is 2. The second kappa shape index (κ2) is 5.80. The van der Waals surface area contributed by atoms with Crippen LogP contribution >= 0.6 is 11.5 Å². The molecule has 1 heterocycles. The van der Waals surface area contributed by atoms with Crippen molar-refractivity contribution in [3.05, 3.63) is 5.82 Å². The van der Waals surface area contributed by atoms with Crippen molar-refractivity contribution in [3.8, 4) is 0 Å². The molecular formula is C7H11F3N4O2S2. The van der Waals surface area contributed by atoms with Crippen molar-refractivity contribution in [2.45, 2.75) is 12.6 Å². The van der Waals surface area contributed by atoms with Crippen LogP contribution in [0.25, 0.3) is 0 Å². The van der Waals surface area contributed by atoms with Gasteiger partial charge in [0.2, 0.25) is 21.0 Å². The van der Waals surface area contributed by atoms with Crippen LogP contribution in [-0.2, 0) is 16.2 Å². The summed E-state index contributed by atoms with van der Waals surface area (Å²) in [5.41, 5.74) is 0. The maximum atomic E-state index is 12.2. The third-order valence-corrected chi connectivity index (χ3v) is 3.07. The zero-order chi connectivity index (χ0) is 13.8. The summed E-state index contributed by atoms with van der Waals surface area (Å²) < 4.78 is 63.3. The molecule has 0 aliphatic rings. The molecule has 0 atom stereocenters. The number of rotatable bonds is 6. The Kier molecular flexibility index (Phi) is 4.87. The molecule has 0 amide bonds. The van der Waals surface area contributed by atoms with Gasteiger partial charge in [-0.15, -0.1) is 0 Å². The molecule has 0 spiro atoms. The molecule has 104 valence electrons. The van der Waals surface area contributed by atoms with Crippen LogP contribution in [0.3, 0.4) is 0 Å². The zero-order valence-corrected chi connectivity index (χ0v) is 10.9. The summed E-state index contributed by atoms with van der Waals surface area (Å²) in [5, 5.41) is 2.69. The summed E-state index contributed by atoms with van der Waals surface area (Å²) in [6, 6.07) is 0. The quantitative estimate of drug-likeness (QED) is 0.763. The highest BCUT2D eigenvalue weighted by Gasteiger charge is 2.36. The van der Waals surface area contributed by atoms with E-state index in [4.69, 9.17) is 0 Å². The van der Waals surface area contributed by atoms with E-state index in [0.717, 1.165) is 6.26 Å². The maximum Gasteiger partial charge on any atom is 0.452 e. The van der Waals surface area contributed by atoms with E-state index in [0.29, 0.717) is 24.5 Å². The minimum Gasteiger partial charge on any atom is -0.360 e. The van der Waals surface area contributed by atoms with Gasteiger partial charge in [-0.05, 0) is 6.42 Å². The number of nitrogens with zero attached hydrogens (tertiary/aromatic N) is 2. The summed E-state index contributed by atoms with van der Waals surface area (Å²) >= 11 is 0.609. The SMILES string of the molecule is CS(=O)(=O)NCCCNc1nc(C(F)(F)F)ns1. The van der Waals surface area contributed by atoms with Gasteiger partial charge in [0.15, 0.2) is 0 Å². The number of hydrogen-bond acceptors (Lipinski definition) is 6. The standard InChI is InChI=1S/C7H11F3N4O2S2/c1-18(15,16)12-4-2-3-11-6-13-5(14-17-6)7(8,9)10/h12H,2-4H2,1H3,(H,11,13,14). The Labute approximate surface area is 106 Å². The minimum absolute atomic E-state index is 0.0571. The minimum atomic E-state index is -4.55. The highest BCUT2D eigenvalue weighted by Crippen LogP contribution is 2.28. The fourth-order valence-corrected chi connectivity index (χ4v) is 2.08. The van der Waals surface area contributed by atoms with E-state index in [-0.39, 0.29) is 11.7 Å². The van der Waals surface area contributed by atoms with Gasteiger partial charge in [-0.2, -0.15) is 22.5 Å². The van der Waals surface area contributed by atoms with Crippen LogP contribution in [0.15, 0.2) is 0 Å². The lowest BCUT2D eigenvalue weighted by molar-refractivity contribution is -0.144. The Hall–Kier alpha value is -0.940. The van der Waals surface area contributed by atoms with Crippen molar-refractivity contribution in [2.24, 2.45) is 0 Å². The first-order valence-corrected chi connectivity index (χ1v) is 7.44. The fourth-order valence-electron chi connectivity index (χ4n) is 0.952. The van der Waals surface area contributed by atoms with Gasteiger partial charge in [-0.3, -0.25) is 0 Å². The molecule has 2 N–H and O–H groups in total. The molecular weight excluding hydrogens is 293 g/mol. The summed E-state index contributed by atoms with van der Waals surface area (Å²) in [5.74, 6) is -1.18. The number of alkyl halides is 3. The van der Waals surface area contributed by atoms with Crippen LogP contribution in [0.1, 0.15) is 12.2 Å². The second-order valence-electron chi connectivity index (χ2n) is 3.37. The van der Waals surface area contributed by atoms with Gasteiger partial charge in [0.25, 0.3) is 0 Å². The number of sulfonamides is 1. The molecule has 0 bridgehead atoms. The molecule has 1 aromatic rings. The Morgan fingerprint density at radius 2 is 2.00 bits per heavy atom. The summed E-state index contributed by atoms with van der Waals surface area (Å²) in [6.45, 7) is 0.506. The first kappa shape index (κ1) is 15.1. The second-order valence-corrected chi connectivity index (χ2v) is 5.95. The van der Waals surface area contributed by atoms with Gasteiger partial charge in [-0.25, -0.2) is 13.1 Å². The predicted molar refractivity (Wildman–Crippen MR) is 60.9 cm³/mol. The molecule has 0 unspecified atom stereocenters. The fraction of sp³-hybridized carbons (Fsp3) is 0.714. The molecule has 0 radical (unpaired) electrons. The summed E-state index contributed by atoms with van der Waals surface area (Å²) in [7, 11) is -3.24. The molecule has 11 heteroatoms. The largest absolute Gasteiger partial charge is 0.452 e. The van der Waals surface area contributed by atoms with Crippen molar-refractivity contribution < 1.29 is 21.6 Å². The van der Waals surface area contributed by atoms with Crippen LogP contribution in [0, 0.1) is 0 Å². The summed E-state index contributed by atoms with van der Waals surface area (Å²) in [4.78, 5) is 3.26. The molecule has 0 saturated heterocycles. The molecule has 0 aliphatic heterocycles. The third-order valence-electron chi connectivity index (χ3n) is 1.67. The van der Waals surface area contributed by atoms with Gasteiger partial charge in [-0.1, -0.05) is 0 Å². The predicted octanol–water partition coefficient (Wildman–Crippen LogP) is 0.908. The van der Waals surface area contributed by atoms with E-state index in [1.165, 1.54) is 0 Å². The summed E-state index contributed by atoms with van der Waals surface area (Å²) in [6.07, 6.45) is -3.09. The normalized spacial score (nSPS) is 12.7. The number of hydrogen-bond donors (Lipinski definition) is 2.